The highest BCUT2D eigenvalue weighted by Crippen LogP contribution is 2.36. The van der Waals surface area contributed by atoms with Crippen molar-refractivity contribution in [2.75, 3.05) is 37.4 Å². The monoisotopic (exact) mass is 690 g/mol. The minimum atomic E-state index is -4.52. The first-order valence-electron chi connectivity index (χ1n) is 15.4. The minimum Gasteiger partial charge on any atom is -0.390 e. The van der Waals surface area contributed by atoms with Crippen LogP contribution in [0.3, 0.4) is 0 Å². The largest absolute Gasteiger partial charge is 0.416 e. The van der Waals surface area contributed by atoms with Crippen LogP contribution in [0, 0.1) is 0 Å². The van der Waals surface area contributed by atoms with Crippen LogP contribution >= 0.6 is 0 Å². The Morgan fingerprint density at radius 3 is 2.12 bits per heavy atom. The number of benzene rings is 3. The number of hydrogen-bond acceptors (Lipinski definition) is 7. The Bertz CT molecular complexity index is 1700. The SMILES string of the molecule is C[C@H](NC(=O)c1cc(C(=O)N[C@H](C)c2ccccc2)cc(N(C)S(C)(=O)=O)c1)[C@H](O)CNC1(c2cccc(C(F)(F)F)c2)CCOCC1. The fourth-order valence-corrected chi connectivity index (χ4v) is 5.98. The molecule has 3 atom stereocenters. The van der Waals surface area contributed by atoms with Gasteiger partial charge in [0.1, 0.15) is 0 Å². The van der Waals surface area contributed by atoms with E-state index in [1.54, 1.807) is 19.9 Å². The molecule has 0 aromatic heterocycles. The van der Waals surface area contributed by atoms with E-state index >= 15 is 0 Å². The van der Waals surface area contributed by atoms with Crippen LogP contribution in [0.25, 0.3) is 0 Å². The van der Waals surface area contributed by atoms with Gasteiger partial charge in [-0.15, -0.1) is 0 Å². The van der Waals surface area contributed by atoms with E-state index in [9.17, 15) is 36.3 Å². The molecule has 10 nitrogen and oxygen atoms in total. The van der Waals surface area contributed by atoms with E-state index in [-0.39, 0.29) is 29.4 Å². The zero-order valence-electron chi connectivity index (χ0n) is 27.2. The van der Waals surface area contributed by atoms with Gasteiger partial charge in [-0.05, 0) is 68.1 Å². The normalized spacial score (nSPS) is 16.8. The highest BCUT2D eigenvalue weighted by Gasteiger charge is 2.38. The highest BCUT2D eigenvalue weighted by atomic mass is 32.2. The number of carbonyl (C=O) groups is 2. The number of hydrogen-bond donors (Lipinski definition) is 4. The molecular weight excluding hydrogens is 649 g/mol. The summed E-state index contributed by atoms with van der Waals surface area (Å²) >= 11 is 0. The van der Waals surface area contributed by atoms with Crippen LogP contribution in [0.15, 0.2) is 72.8 Å². The van der Waals surface area contributed by atoms with Crippen LogP contribution in [0.2, 0.25) is 0 Å². The topological polar surface area (TPSA) is 137 Å². The van der Waals surface area contributed by atoms with Crippen molar-refractivity contribution >= 4 is 27.5 Å². The van der Waals surface area contributed by atoms with Crippen molar-refractivity contribution in [3.8, 4) is 0 Å². The summed E-state index contributed by atoms with van der Waals surface area (Å²) in [6.07, 6.45) is -3.95. The number of halogens is 3. The van der Waals surface area contributed by atoms with Gasteiger partial charge in [-0.1, -0.05) is 42.5 Å². The van der Waals surface area contributed by atoms with Crippen LogP contribution in [-0.2, 0) is 26.5 Å². The van der Waals surface area contributed by atoms with Crippen molar-refractivity contribution in [1.29, 1.82) is 0 Å². The van der Waals surface area contributed by atoms with E-state index in [1.165, 1.54) is 31.3 Å². The lowest BCUT2D eigenvalue weighted by molar-refractivity contribution is -0.137. The number of rotatable bonds is 12. The predicted octanol–water partition coefficient (Wildman–Crippen LogP) is 4.37. The molecule has 260 valence electrons. The second-order valence-corrected chi connectivity index (χ2v) is 14.1. The van der Waals surface area contributed by atoms with Crippen LogP contribution in [0.5, 0.6) is 0 Å². The lowest BCUT2D eigenvalue weighted by atomic mass is 9.81. The molecule has 3 aromatic carbocycles. The van der Waals surface area contributed by atoms with Crippen molar-refractivity contribution in [2.45, 2.75) is 56.6 Å². The number of nitrogens with zero attached hydrogens (tertiary/aromatic N) is 1. The number of carbonyl (C=O) groups excluding carboxylic acids is 2. The zero-order chi connectivity index (χ0) is 35.3. The molecule has 0 spiro atoms. The second kappa shape index (κ2) is 15.1. The van der Waals surface area contributed by atoms with Gasteiger partial charge in [0.05, 0.1) is 35.7 Å². The smallest absolute Gasteiger partial charge is 0.390 e. The number of aliphatic hydroxyl groups excluding tert-OH is 1. The number of sulfonamides is 1. The number of ether oxygens (including phenoxy) is 1. The quantitative estimate of drug-likeness (QED) is 0.222. The van der Waals surface area contributed by atoms with Crippen LogP contribution in [0.4, 0.5) is 18.9 Å². The third-order valence-electron chi connectivity index (χ3n) is 8.62. The number of nitrogens with one attached hydrogen (secondary N) is 3. The molecule has 48 heavy (non-hydrogen) atoms. The molecule has 1 heterocycles. The molecule has 0 bridgehead atoms. The lowest BCUT2D eigenvalue weighted by Gasteiger charge is -2.40. The lowest BCUT2D eigenvalue weighted by Crippen LogP contribution is -2.53. The summed E-state index contributed by atoms with van der Waals surface area (Å²) in [6.45, 7) is 3.90. The standard InChI is InChI=1S/C34H41F3N4O6S/c1-22(24-9-6-5-7-10-24)39-31(43)25-17-26(19-29(18-25)41(3)48(4,45)46)32(44)40-23(2)30(42)21-38-33(13-15-47-16-14-33)27-11-8-12-28(20-27)34(35,36)37/h5-12,17-20,22-23,30,38,42H,13-16,21H2,1-4H3,(H,39,43)(H,40,44)/t22-,23+,30-/m1/s1. The molecule has 0 unspecified atom stereocenters. The van der Waals surface area contributed by atoms with Crippen molar-refractivity contribution in [1.82, 2.24) is 16.0 Å². The summed E-state index contributed by atoms with van der Waals surface area (Å²) in [6, 6.07) is 17.1. The van der Waals surface area contributed by atoms with E-state index in [1.807, 2.05) is 30.3 Å². The summed E-state index contributed by atoms with van der Waals surface area (Å²) in [5, 5.41) is 19.9. The van der Waals surface area contributed by atoms with Crippen molar-refractivity contribution in [3.63, 3.8) is 0 Å². The van der Waals surface area contributed by atoms with E-state index in [4.69, 9.17) is 4.74 Å². The molecule has 1 fully saturated rings. The molecule has 0 aliphatic carbocycles. The van der Waals surface area contributed by atoms with Gasteiger partial charge in [-0.2, -0.15) is 13.2 Å². The Hall–Kier alpha value is -3.98. The minimum absolute atomic E-state index is 0.0163. The molecule has 0 saturated carbocycles. The Labute approximate surface area is 278 Å². The first-order chi connectivity index (χ1) is 22.5. The summed E-state index contributed by atoms with van der Waals surface area (Å²) in [7, 11) is -2.45. The number of alkyl halides is 3. The van der Waals surface area contributed by atoms with Gasteiger partial charge in [0, 0.05) is 43.5 Å². The van der Waals surface area contributed by atoms with E-state index in [2.05, 4.69) is 16.0 Å². The molecule has 1 aliphatic rings. The molecule has 1 saturated heterocycles. The molecular formula is C34H41F3N4O6S. The van der Waals surface area contributed by atoms with Crippen LogP contribution in [0.1, 0.15) is 70.1 Å². The van der Waals surface area contributed by atoms with Gasteiger partial charge in [0.25, 0.3) is 11.8 Å². The van der Waals surface area contributed by atoms with Gasteiger partial charge in [0.2, 0.25) is 10.0 Å². The molecule has 1 aliphatic heterocycles. The van der Waals surface area contributed by atoms with Gasteiger partial charge >= 0.3 is 6.18 Å². The molecule has 3 aromatic rings. The van der Waals surface area contributed by atoms with Crippen molar-refractivity contribution in [3.05, 3.63) is 101 Å². The van der Waals surface area contributed by atoms with Gasteiger partial charge < -0.3 is 25.8 Å². The maximum Gasteiger partial charge on any atom is 0.416 e. The van der Waals surface area contributed by atoms with Crippen molar-refractivity contribution in [2.24, 2.45) is 0 Å². The third-order valence-corrected chi connectivity index (χ3v) is 9.83. The van der Waals surface area contributed by atoms with E-state index < -0.39 is 51.3 Å². The second-order valence-electron chi connectivity index (χ2n) is 12.1. The average Bonchev–Trinajstić information content (AvgIpc) is 3.06. The third kappa shape index (κ3) is 9.13. The van der Waals surface area contributed by atoms with Gasteiger partial charge in [-0.25, -0.2) is 8.42 Å². The maximum atomic E-state index is 13.5. The summed E-state index contributed by atoms with van der Waals surface area (Å²) < 4.78 is 71.6. The predicted molar refractivity (Wildman–Crippen MR) is 176 cm³/mol. The van der Waals surface area contributed by atoms with Crippen molar-refractivity contribution < 1.29 is 41.0 Å². The molecule has 0 radical (unpaired) electrons. The Morgan fingerprint density at radius 1 is 0.938 bits per heavy atom. The van der Waals surface area contributed by atoms with Crippen LogP contribution in [-0.4, -0.2) is 70.5 Å². The maximum absolute atomic E-state index is 13.5. The summed E-state index contributed by atoms with van der Waals surface area (Å²) in [4.78, 5) is 26.7. The zero-order valence-corrected chi connectivity index (χ0v) is 28.0. The molecule has 14 heteroatoms. The van der Waals surface area contributed by atoms with E-state index in [0.29, 0.717) is 31.6 Å². The molecule has 4 rings (SSSR count). The first kappa shape index (κ1) is 36.8. The molecule has 4 N–H and O–H groups in total. The van der Waals surface area contributed by atoms with Crippen LogP contribution < -0.4 is 20.3 Å². The Morgan fingerprint density at radius 2 is 1.54 bits per heavy atom. The summed E-state index contributed by atoms with van der Waals surface area (Å²) in [5.41, 5.74) is -0.288. The summed E-state index contributed by atoms with van der Waals surface area (Å²) in [5.74, 6) is -1.20. The van der Waals surface area contributed by atoms with E-state index in [0.717, 1.165) is 28.3 Å². The van der Waals surface area contributed by atoms with Gasteiger partial charge in [-0.3, -0.25) is 13.9 Å². The Kier molecular flexibility index (Phi) is 11.6. The number of amides is 2. The average molecular weight is 691 g/mol. The number of aliphatic hydroxyl groups is 1. The fourth-order valence-electron chi connectivity index (χ4n) is 5.50. The number of anilines is 1. The highest BCUT2D eigenvalue weighted by molar-refractivity contribution is 7.92. The first-order valence-corrected chi connectivity index (χ1v) is 17.3. The molecule has 2 amide bonds. The van der Waals surface area contributed by atoms with Gasteiger partial charge in [0.15, 0.2) is 0 Å². The fraction of sp³-hybridized carbons (Fsp3) is 0.412. The Balaban J connectivity index is 1.51.